The monoisotopic (exact) mass is 311 g/mol. The molecule has 0 aromatic heterocycles. The van der Waals surface area contributed by atoms with Crippen LogP contribution in [0.5, 0.6) is 11.5 Å². The molecule has 1 heterocycles. The average molecular weight is 312 g/mol. The lowest BCUT2D eigenvalue weighted by Crippen LogP contribution is -2.53. The van der Waals surface area contributed by atoms with Gasteiger partial charge in [-0.05, 0) is 36.4 Å². The largest absolute Gasteiger partial charge is 0.454 e. The van der Waals surface area contributed by atoms with Crippen LogP contribution in [0, 0.1) is 11.3 Å². The Morgan fingerprint density at radius 2 is 2.19 bits per heavy atom. The minimum atomic E-state index is 0.226. The van der Waals surface area contributed by atoms with Crippen LogP contribution in [0.25, 0.3) is 0 Å². The summed E-state index contributed by atoms with van der Waals surface area (Å²) in [5, 5.41) is 4.22. The Hall–Kier alpha value is -0.970. The molecule has 0 radical (unpaired) electrons. The topological polar surface area (TPSA) is 39.7 Å². The zero-order valence-corrected chi connectivity index (χ0v) is 13.5. The molecule has 2 unspecified atom stereocenters. The normalized spacial score (nSPS) is 25.7. The summed E-state index contributed by atoms with van der Waals surface area (Å²) in [5.74, 6) is 2.17. The number of hydrogen-bond acceptors (Lipinski definition) is 4. The fourth-order valence-electron chi connectivity index (χ4n) is 3.26. The number of methoxy groups -OCH3 is 1. The number of rotatable bonds is 5. The summed E-state index contributed by atoms with van der Waals surface area (Å²) in [6, 6.07) is 3.71. The molecule has 0 amide bonds. The molecule has 5 heteroatoms. The molecule has 116 valence electrons. The molecule has 1 aromatic rings. The Labute approximate surface area is 130 Å². The smallest absolute Gasteiger partial charge is 0.231 e. The van der Waals surface area contributed by atoms with E-state index in [9.17, 15) is 0 Å². The van der Waals surface area contributed by atoms with E-state index in [-0.39, 0.29) is 12.2 Å². The summed E-state index contributed by atoms with van der Waals surface area (Å²) >= 11 is 6.28. The number of fused-ring (bicyclic) bond motifs is 1. The van der Waals surface area contributed by atoms with Gasteiger partial charge in [0.05, 0.1) is 6.10 Å². The van der Waals surface area contributed by atoms with E-state index in [0.29, 0.717) is 18.6 Å². The van der Waals surface area contributed by atoms with Crippen molar-refractivity contribution in [3.8, 4) is 11.5 Å². The van der Waals surface area contributed by atoms with Crippen molar-refractivity contribution >= 4 is 11.6 Å². The summed E-state index contributed by atoms with van der Waals surface area (Å²) in [6.07, 6.45) is 1.47. The van der Waals surface area contributed by atoms with Gasteiger partial charge in [0.25, 0.3) is 0 Å². The highest BCUT2D eigenvalue weighted by Crippen LogP contribution is 2.47. The van der Waals surface area contributed by atoms with Crippen LogP contribution in [0.15, 0.2) is 12.1 Å². The summed E-state index contributed by atoms with van der Waals surface area (Å²) in [6.45, 7) is 6.44. The number of nitrogens with one attached hydrogen (secondary N) is 1. The zero-order chi connectivity index (χ0) is 15.0. The molecular formula is C16H22ClNO3. The van der Waals surface area contributed by atoms with Gasteiger partial charge in [-0.3, -0.25) is 0 Å². The lowest BCUT2D eigenvalue weighted by atomic mass is 9.60. The number of benzene rings is 1. The molecule has 1 aliphatic heterocycles. The molecule has 2 atom stereocenters. The van der Waals surface area contributed by atoms with Crippen molar-refractivity contribution < 1.29 is 14.2 Å². The quantitative estimate of drug-likeness (QED) is 0.906. The predicted molar refractivity (Wildman–Crippen MR) is 82.0 cm³/mol. The number of ether oxygens (including phenoxy) is 3. The van der Waals surface area contributed by atoms with Gasteiger partial charge in [0, 0.05) is 24.2 Å². The molecule has 21 heavy (non-hydrogen) atoms. The van der Waals surface area contributed by atoms with Gasteiger partial charge in [0.1, 0.15) is 0 Å². The maximum Gasteiger partial charge on any atom is 0.231 e. The van der Waals surface area contributed by atoms with Gasteiger partial charge in [-0.2, -0.15) is 0 Å². The van der Waals surface area contributed by atoms with Gasteiger partial charge in [0.2, 0.25) is 6.79 Å². The first kappa shape index (κ1) is 14.9. The molecule has 0 saturated heterocycles. The van der Waals surface area contributed by atoms with Crippen molar-refractivity contribution in [1.82, 2.24) is 5.32 Å². The molecule has 1 aromatic carbocycles. The third-order valence-corrected chi connectivity index (χ3v) is 5.30. The van der Waals surface area contributed by atoms with Gasteiger partial charge in [-0.25, -0.2) is 0 Å². The Bertz CT molecular complexity index is 532. The van der Waals surface area contributed by atoms with Crippen LogP contribution in [-0.4, -0.2) is 26.6 Å². The van der Waals surface area contributed by atoms with Crippen molar-refractivity contribution in [3.05, 3.63) is 22.7 Å². The highest BCUT2D eigenvalue weighted by molar-refractivity contribution is 6.31. The molecule has 2 aliphatic rings. The SMILES string of the molecule is COC1CC(CNCc2c(Cl)ccc3c2OCO3)C1(C)C. The molecule has 0 spiro atoms. The lowest BCUT2D eigenvalue weighted by molar-refractivity contribution is -0.119. The zero-order valence-electron chi connectivity index (χ0n) is 12.7. The molecule has 1 fully saturated rings. The minimum Gasteiger partial charge on any atom is -0.454 e. The van der Waals surface area contributed by atoms with Gasteiger partial charge in [-0.15, -0.1) is 0 Å². The van der Waals surface area contributed by atoms with E-state index in [1.165, 1.54) is 0 Å². The fraction of sp³-hybridized carbons (Fsp3) is 0.625. The van der Waals surface area contributed by atoms with Crippen molar-refractivity contribution in [2.75, 3.05) is 20.4 Å². The second-order valence-electron chi connectivity index (χ2n) is 6.37. The van der Waals surface area contributed by atoms with Crippen LogP contribution < -0.4 is 14.8 Å². The van der Waals surface area contributed by atoms with Crippen molar-refractivity contribution in [1.29, 1.82) is 0 Å². The minimum absolute atomic E-state index is 0.226. The Kier molecular flexibility index (Phi) is 4.04. The van der Waals surface area contributed by atoms with Gasteiger partial charge >= 0.3 is 0 Å². The highest BCUT2D eigenvalue weighted by atomic mass is 35.5. The van der Waals surface area contributed by atoms with E-state index in [2.05, 4.69) is 19.2 Å². The number of halogens is 1. The summed E-state index contributed by atoms with van der Waals surface area (Å²) in [5.41, 5.74) is 1.20. The standard InChI is InChI=1S/C16H22ClNO3/c1-16(2)10(6-14(16)19-3)7-18-8-11-12(17)4-5-13-15(11)21-9-20-13/h4-5,10,14,18H,6-9H2,1-3H3. The second kappa shape index (κ2) is 5.67. The Morgan fingerprint density at radius 1 is 1.38 bits per heavy atom. The van der Waals surface area contributed by atoms with Crippen LogP contribution in [0.3, 0.4) is 0 Å². The molecule has 0 bridgehead atoms. The van der Waals surface area contributed by atoms with Crippen molar-refractivity contribution in [3.63, 3.8) is 0 Å². The molecule has 4 nitrogen and oxygen atoms in total. The first-order valence-corrected chi connectivity index (χ1v) is 7.72. The lowest BCUT2D eigenvalue weighted by Gasteiger charge is -2.51. The van der Waals surface area contributed by atoms with E-state index >= 15 is 0 Å². The van der Waals surface area contributed by atoms with E-state index in [0.717, 1.165) is 35.1 Å². The highest BCUT2D eigenvalue weighted by Gasteiger charge is 2.47. The van der Waals surface area contributed by atoms with Crippen LogP contribution in [0.1, 0.15) is 25.8 Å². The predicted octanol–water partition coefficient (Wildman–Crippen LogP) is 3.22. The van der Waals surface area contributed by atoms with Crippen LogP contribution in [-0.2, 0) is 11.3 Å². The Balaban J connectivity index is 1.59. The number of hydrogen-bond donors (Lipinski definition) is 1. The maximum atomic E-state index is 6.28. The van der Waals surface area contributed by atoms with Crippen molar-refractivity contribution in [2.45, 2.75) is 32.9 Å². The van der Waals surface area contributed by atoms with E-state index in [1.54, 1.807) is 7.11 Å². The van der Waals surface area contributed by atoms with Gasteiger partial charge in [0.15, 0.2) is 11.5 Å². The van der Waals surface area contributed by atoms with Gasteiger partial charge in [-0.1, -0.05) is 25.4 Å². The first-order valence-electron chi connectivity index (χ1n) is 7.34. The molecule has 1 aliphatic carbocycles. The summed E-state index contributed by atoms with van der Waals surface area (Å²) in [4.78, 5) is 0. The third-order valence-electron chi connectivity index (χ3n) is 4.94. The van der Waals surface area contributed by atoms with Gasteiger partial charge < -0.3 is 19.5 Å². The van der Waals surface area contributed by atoms with Crippen LogP contribution in [0.4, 0.5) is 0 Å². The summed E-state index contributed by atoms with van der Waals surface area (Å²) in [7, 11) is 1.79. The van der Waals surface area contributed by atoms with E-state index < -0.39 is 0 Å². The average Bonchev–Trinajstić information content (AvgIpc) is 2.92. The van der Waals surface area contributed by atoms with Crippen molar-refractivity contribution in [2.24, 2.45) is 11.3 Å². The van der Waals surface area contributed by atoms with Crippen LogP contribution in [0.2, 0.25) is 5.02 Å². The van der Waals surface area contributed by atoms with Crippen LogP contribution >= 0.6 is 11.6 Å². The first-order chi connectivity index (χ1) is 10.0. The second-order valence-corrected chi connectivity index (χ2v) is 6.78. The Morgan fingerprint density at radius 3 is 2.90 bits per heavy atom. The fourth-order valence-corrected chi connectivity index (χ4v) is 3.47. The van der Waals surface area contributed by atoms with E-state index in [4.69, 9.17) is 25.8 Å². The molecule has 1 N–H and O–H groups in total. The third kappa shape index (κ3) is 2.60. The summed E-state index contributed by atoms with van der Waals surface area (Å²) < 4.78 is 16.4. The maximum absolute atomic E-state index is 6.28. The molecule has 1 saturated carbocycles. The molecular weight excluding hydrogens is 290 g/mol. The van der Waals surface area contributed by atoms with E-state index in [1.807, 2.05) is 12.1 Å². The molecule has 3 rings (SSSR count).